The van der Waals surface area contributed by atoms with Crippen LogP contribution in [0.5, 0.6) is 0 Å². The van der Waals surface area contributed by atoms with Crippen molar-refractivity contribution in [3.05, 3.63) is 93.4 Å². The molecular formula is C25H26ClFN4O4S. The molecule has 2 aromatic carbocycles. The van der Waals surface area contributed by atoms with Gasteiger partial charge in [0, 0.05) is 41.2 Å². The van der Waals surface area contributed by atoms with Crippen LogP contribution >= 0.6 is 23.5 Å². The summed E-state index contributed by atoms with van der Waals surface area (Å²) in [6.45, 7) is 5.91. The molecule has 1 aromatic heterocycles. The van der Waals surface area contributed by atoms with E-state index in [1.54, 1.807) is 36.5 Å². The summed E-state index contributed by atoms with van der Waals surface area (Å²) in [6, 6.07) is 13.0. The number of nitrogens with one attached hydrogen (secondary N) is 2. The van der Waals surface area contributed by atoms with Gasteiger partial charge in [0.2, 0.25) is 0 Å². The third kappa shape index (κ3) is 9.27. The number of halogens is 2. The topological polar surface area (TPSA) is 121 Å². The lowest BCUT2D eigenvalue weighted by Crippen LogP contribution is -2.35. The van der Waals surface area contributed by atoms with Crippen LogP contribution in [0.15, 0.2) is 65.5 Å². The Hall–Kier alpha value is -3.50. The minimum atomic E-state index is -0.946. The Kier molecular flexibility index (Phi) is 10.8. The Labute approximate surface area is 217 Å². The molecule has 11 heteroatoms. The Morgan fingerprint density at radius 1 is 1.19 bits per heavy atom. The average Bonchev–Trinajstić information content (AvgIpc) is 2.82. The summed E-state index contributed by atoms with van der Waals surface area (Å²) >= 11 is 6.86. The Morgan fingerprint density at radius 2 is 1.94 bits per heavy atom. The first-order valence-corrected chi connectivity index (χ1v) is 11.9. The number of aryl methyl sites for hydroxylation is 1. The van der Waals surface area contributed by atoms with Gasteiger partial charge < -0.3 is 15.7 Å². The number of carbonyl (C=O) groups is 2. The number of carboxylic acids is 1. The van der Waals surface area contributed by atoms with Gasteiger partial charge in [0.05, 0.1) is 27.4 Å². The Bertz CT molecular complexity index is 1190. The summed E-state index contributed by atoms with van der Waals surface area (Å²) < 4.78 is 16.1. The molecule has 3 aromatic rings. The largest absolute Gasteiger partial charge is 0.481 e. The molecule has 0 radical (unpaired) electrons. The molecule has 0 atom stereocenters. The van der Waals surface area contributed by atoms with Crippen molar-refractivity contribution in [2.75, 3.05) is 11.9 Å². The minimum Gasteiger partial charge on any atom is -0.481 e. The molecule has 0 aliphatic carbocycles. The van der Waals surface area contributed by atoms with Crippen molar-refractivity contribution >= 4 is 46.8 Å². The normalized spacial score (nSPS) is 10.6. The zero-order valence-corrected chi connectivity index (χ0v) is 21.5. The van der Waals surface area contributed by atoms with Crippen molar-refractivity contribution in [2.45, 2.75) is 31.9 Å². The highest BCUT2D eigenvalue weighted by atomic mass is 35.5. The number of carbonyl (C=O) groups excluding carboxylic acids is 1. The zero-order chi connectivity index (χ0) is 26.7. The highest BCUT2D eigenvalue weighted by molar-refractivity contribution is 7.99. The smallest absolute Gasteiger partial charge is 0.307 e. The second kappa shape index (κ2) is 13.6. The monoisotopic (exact) mass is 532 g/mol. The molecule has 0 aliphatic heterocycles. The number of hydrogen-bond acceptors (Lipinski definition) is 7. The SMILES string of the molecule is CC(C)(CNC(=O)c1cccnc1)SN=O.Cc1ccc(Nc2c(F)cccc2Cl)c(CC(=O)O)c1. The van der Waals surface area contributed by atoms with Crippen molar-refractivity contribution in [1.29, 1.82) is 0 Å². The fourth-order valence-electron chi connectivity index (χ4n) is 2.93. The first-order valence-electron chi connectivity index (χ1n) is 10.7. The molecule has 190 valence electrons. The number of para-hydroxylation sites is 1. The summed E-state index contributed by atoms with van der Waals surface area (Å²) in [5.41, 5.74) is 2.69. The van der Waals surface area contributed by atoms with E-state index in [-0.39, 0.29) is 23.0 Å². The van der Waals surface area contributed by atoms with Crippen molar-refractivity contribution in [3.63, 3.8) is 0 Å². The Balaban J connectivity index is 0.000000261. The van der Waals surface area contributed by atoms with E-state index in [9.17, 15) is 18.9 Å². The van der Waals surface area contributed by atoms with Crippen LogP contribution in [-0.2, 0) is 11.2 Å². The maximum absolute atomic E-state index is 13.7. The zero-order valence-electron chi connectivity index (χ0n) is 19.9. The number of aromatic nitrogens is 1. The molecule has 3 rings (SSSR count). The molecule has 36 heavy (non-hydrogen) atoms. The number of nitrogens with zero attached hydrogens (tertiary/aromatic N) is 2. The van der Waals surface area contributed by atoms with Crippen LogP contribution in [0, 0.1) is 17.6 Å². The van der Waals surface area contributed by atoms with Crippen LogP contribution in [0.1, 0.15) is 35.3 Å². The summed E-state index contributed by atoms with van der Waals surface area (Å²) in [7, 11) is 0. The number of hydrogen-bond donors (Lipinski definition) is 3. The number of pyridine rings is 1. The van der Waals surface area contributed by atoms with Gasteiger partial charge >= 0.3 is 5.97 Å². The molecule has 0 saturated carbocycles. The van der Waals surface area contributed by atoms with Crippen molar-refractivity contribution in [1.82, 2.24) is 10.3 Å². The first-order chi connectivity index (χ1) is 17.0. The predicted octanol–water partition coefficient (Wildman–Crippen LogP) is 6.16. The van der Waals surface area contributed by atoms with E-state index in [4.69, 9.17) is 16.7 Å². The number of rotatable bonds is 9. The van der Waals surface area contributed by atoms with E-state index in [1.807, 2.05) is 26.8 Å². The lowest BCUT2D eigenvalue weighted by atomic mass is 10.1. The highest BCUT2D eigenvalue weighted by Crippen LogP contribution is 2.30. The van der Waals surface area contributed by atoms with Crippen LogP contribution < -0.4 is 10.6 Å². The maximum Gasteiger partial charge on any atom is 0.307 e. The molecule has 1 amide bonds. The molecular weight excluding hydrogens is 507 g/mol. The standard InChI is InChI=1S/C15H13ClFNO2.C10H13N3O2S/c1-9-5-6-13(10(7-9)8-14(19)20)18-15-11(16)3-2-4-12(15)17;1-10(2,16-13-15)7-12-9(14)8-4-3-5-11-6-8/h2-7,18H,8H2,1H3,(H,19,20);3-6H,7H2,1-2H3,(H,12,14). The van der Waals surface area contributed by atoms with Crippen molar-refractivity contribution in [2.24, 2.45) is 4.58 Å². The summed E-state index contributed by atoms with van der Waals surface area (Å²) in [6.07, 6.45) is 2.95. The molecule has 8 nitrogen and oxygen atoms in total. The third-order valence-electron chi connectivity index (χ3n) is 4.71. The number of carboxylic acid groups (broad SMARTS) is 1. The average molecular weight is 533 g/mol. The van der Waals surface area contributed by atoms with E-state index in [2.05, 4.69) is 20.2 Å². The van der Waals surface area contributed by atoms with Gasteiger partial charge in [-0.1, -0.05) is 35.4 Å². The first kappa shape index (κ1) is 28.7. The summed E-state index contributed by atoms with van der Waals surface area (Å²) in [5, 5.41) is 14.8. The molecule has 0 bridgehead atoms. The molecule has 0 aliphatic rings. The van der Waals surface area contributed by atoms with E-state index in [1.165, 1.54) is 18.3 Å². The van der Waals surface area contributed by atoms with Gasteiger partial charge in [-0.15, -0.1) is 4.91 Å². The van der Waals surface area contributed by atoms with Gasteiger partial charge in [-0.2, -0.15) is 0 Å². The van der Waals surface area contributed by atoms with Gasteiger partial charge in [-0.05, 0) is 56.7 Å². The summed E-state index contributed by atoms with van der Waals surface area (Å²) in [5.74, 6) is -1.63. The highest BCUT2D eigenvalue weighted by Gasteiger charge is 2.21. The van der Waals surface area contributed by atoms with Gasteiger partial charge in [0.15, 0.2) is 0 Å². The second-order valence-corrected chi connectivity index (χ2v) is 10.1. The molecule has 0 spiro atoms. The van der Waals surface area contributed by atoms with Gasteiger partial charge in [0.25, 0.3) is 5.91 Å². The van der Waals surface area contributed by atoms with E-state index in [0.29, 0.717) is 23.4 Å². The molecule has 0 saturated heterocycles. The predicted molar refractivity (Wildman–Crippen MR) is 141 cm³/mol. The van der Waals surface area contributed by atoms with Crippen LogP contribution in [0.3, 0.4) is 0 Å². The second-order valence-electron chi connectivity index (χ2n) is 8.30. The Morgan fingerprint density at radius 3 is 2.56 bits per heavy atom. The van der Waals surface area contributed by atoms with E-state index < -0.39 is 16.5 Å². The maximum atomic E-state index is 13.7. The van der Waals surface area contributed by atoms with Crippen LogP contribution in [0.2, 0.25) is 5.02 Å². The molecule has 0 fully saturated rings. The quantitative estimate of drug-likeness (QED) is 0.223. The molecule has 3 N–H and O–H groups in total. The number of nitroso groups, excluding NO2 is 1. The minimum absolute atomic E-state index is 0.143. The lowest BCUT2D eigenvalue weighted by molar-refractivity contribution is -0.136. The van der Waals surface area contributed by atoms with E-state index in [0.717, 1.165) is 17.5 Å². The van der Waals surface area contributed by atoms with Crippen LogP contribution in [-0.4, -0.2) is 33.3 Å². The number of anilines is 2. The molecule has 0 unspecified atom stereocenters. The molecule has 1 heterocycles. The van der Waals surface area contributed by atoms with Crippen LogP contribution in [0.4, 0.5) is 15.8 Å². The summed E-state index contributed by atoms with van der Waals surface area (Å²) in [4.78, 5) is 36.5. The third-order valence-corrected chi connectivity index (χ3v) is 5.74. The van der Waals surface area contributed by atoms with Crippen LogP contribution in [0.25, 0.3) is 0 Å². The van der Waals surface area contributed by atoms with E-state index >= 15 is 0 Å². The van der Waals surface area contributed by atoms with Gasteiger partial charge in [-0.3, -0.25) is 14.6 Å². The van der Waals surface area contributed by atoms with Gasteiger partial charge in [0.1, 0.15) is 5.82 Å². The van der Waals surface area contributed by atoms with Crippen molar-refractivity contribution in [3.8, 4) is 0 Å². The fraction of sp³-hybridized carbons (Fsp3) is 0.240. The van der Waals surface area contributed by atoms with Gasteiger partial charge in [-0.25, -0.2) is 4.39 Å². The lowest BCUT2D eigenvalue weighted by Gasteiger charge is -2.19. The number of benzene rings is 2. The number of amides is 1. The fourth-order valence-corrected chi connectivity index (χ4v) is 3.48. The number of aliphatic carboxylic acids is 1. The van der Waals surface area contributed by atoms with Crippen molar-refractivity contribution < 1.29 is 19.1 Å².